The highest BCUT2D eigenvalue weighted by molar-refractivity contribution is 6.32. The third-order valence-corrected chi connectivity index (χ3v) is 3.48. The predicted octanol–water partition coefficient (Wildman–Crippen LogP) is 2.54. The maximum atomic E-state index is 12.2. The van der Waals surface area contributed by atoms with Gasteiger partial charge >= 0.3 is 0 Å². The summed E-state index contributed by atoms with van der Waals surface area (Å²) in [6.45, 7) is 4.10. The number of nitrogens with zero attached hydrogens (tertiary/aromatic N) is 2. The molecule has 0 radical (unpaired) electrons. The molecule has 0 fully saturated rings. The lowest BCUT2D eigenvalue weighted by Crippen LogP contribution is -2.38. The van der Waals surface area contributed by atoms with Crippen LogP contribution in [0.15, 0.2) is 40.6 Å². The van der Waals surface area contributed by atoms with Crippen LogP contribution in [-0.2, 0) is 9.63 Å². The van der Waals surface area contributed by atoms with Crippen molar-refractivity contribution in [2.24, 2.45) is 4.99 Å². The summed E-state index contributed by atoms with van der Waals surface area (Å²) in [6, 6.07) is 5.28. The minimum atomic E-state index is -0.477. The zero-order chi connectivity index (χ0) is 17.3. The van der Waals surface area contributed by atoms with Crippen molar-refractivity contribution in [2.75, 3.05) is 13.7 Å². The summed E-state index contributed by atoms with van der Waals surface area (Å²) in [5.41, 5.74) is 0.851. The van der Waals surface area contributed by atoms with Gasteiger partial charge in [-0.25, -0.2) is 0 Å². The van der Waals surface area contributed by atoms with E-state index in [4.69, 9.17) is 19.7 Å². The molecule has 7 nitrogen and oxygen atoms in total. The van der Waals surface area contributed by atoms with E-state index in [1.165, 1.54) is 5.06 Å². The van der Waals surface area contributed by atoms with Crippen LogP contribution < -0.4 is 9.47 Å². The van der Waals surface area contributed by atoms with E-state index in [2.05, 4.69) is 4.99 Å². The lowest BCUT2D eigenvalue weighted by Gasteiger charge is -2.23. The van der Waals surface area contributed by atoms with Crippen molar-refractivity contribution < 1.29 is 19.1 Å². The van der Waals surface area contributed by atoms with Crippen LogP contribution >= 0.6 is 0 Å². The number of methoxy groups -OCH3 is 1. The molecule has 0 aliphatic carbocycles. The first-order chi connectivity index (χ1) is 11.5. The van der Waals surface area contributed by atoms with Crippen LogP contribution in [0.1, 0.15) is 19.4 Å². The van der Waals surface area contributed by atoms with Crippen LogP contribution in [-0.4, -0.2) is 36.4 Å². The fraction of sp³-hybridized carbons (Fsp3) is 0.235. The van der Waals surface area contributed by atoms with E-state index in [0.29, 0.717) is 35.3 Å². The number of amides is 1. The average molecular weight is 327 g/mol. The maximum absolute atomic E-state index is 12.2. The third kappa shape index (κ3) is 2.76. The maximum Gasteiger partial charge on any atom is 0.282 e. The van der Waals surface area contributed by atoms with Gasteiger partial charge in [0.1, 0.15) is 5.76 Å². The molecule has 2 heterocycles. The Bertz CT molecular complexity index is 808. The van der Waals surface area contributed by atoms with Gasteiger partial charge in [-0.3, -0.25) is 10.2 Å². The van der Waals surface area contributed by atoms with Crippen molar-refractivity contribution in [1.82, 2.24) is 5.06 Å². The first-order valence-electron chi connectivity index (χ1n) is 7.44. The van der Waals surface area contributed by atoms with E-state index in [0.717, 1.165) is 0 Å². The highest BCUT2D eigenvalue weighted by Crippen LogP contribution is 2.30. The number of ether oxygens (including phenoxy) is 2. The number of hydroxylamine groups is 2. The predicted molar refractivity (Wildman–Crippen MR) is 89.0 cm³/mol. The van der Waals surface area contributed by atoms with E-state index in [-0.39, 0.29) is 11.4 Å². The van der Waals surface area contributed by atoms with Crippen molar-refractivity contribution in [3.63, 3.8) is 0 Å². The molecule has 1 N–H and O–H groups in total. The largest absolute Gasteiger partial charge is 0.493 e. The van der Waals surface area contributed by atoms with Crippen molar-refractivity contribution in [3.05, 3.63) is 41.2 Å². The Labute approximate surface area is 139 Å². The van der Waals surface area contributed by atoms with Gasteiger partial charge in [0, 0.05) is 6.08 Å². The molecule has 0 saturated heterocycles. The van der Waals surface area contributed by atoms with Crippen LogP contribution in [0.2, 0.25) is 0 Å². The number of benzene rings is 1. The van der Waals surface area contributed by atoms with Crippen molar-refractivity contribution in [2.45, 2.75) is 13.8 Å². The number of allylic oxidation sites excluding steroid dienone is 1. The quantitative estimate of drug-likeness (QED) is 0.859. The number of aliphatic imine (C=N–C) groups is 1. The molecule has 0 bridgehead atoms. The van der Waals surface area contributed by atoms with E-state index < -0.39 is 5.91 Å². The summed E-state index contributed by atoms with van der Waals surface area (Å²) in [5, 5.41) is 9.43. The molecule has 1 aromatic carbocycles. The molecule has 1 amide bonds. The number of amidine groups is 2. The molecular weight excluding hydrogens is 310 g/mol. The summed E-state index contributed by atoms with van der Waals surface area (Å²) in [5.74, 6) is 1.55. The van der Waals surface area contributed by atoms with Crippen molar-refractivity contribution >= 4 is 23.7 Å². The van der Waals surface area contributed by atoms with Crippen molar-refractivity contribution in [1.29, 1.82) is 5.41 Å². The first kappa shape index (κ1) is 15.8. The number of rotatable bonds is 4. The Balaban J connectivity index is 1.96. The van der Waals surface area contributed by atoms with Crippen LogP contribution in [0, 0.1) is 5.41 Å². The molecule has 0 unspecified atom stereocenters. The normalized spacial score (nSPS) is 18.1. The minimum absolute atomic E-state index is 0.0492. The highest BCUT2D eigenvalue weighted by atomic mass is 16.7. The van der Waals surface area contributed by atoms with E-state index in [1.807, 2.05) is 6.92 Å². The second kappa shape index (κ2) is 6.19. The minimum Gasteiger partial charge on any atom is -0.493 e. The first-order valence-corrected chi connectivity index (χ1v) is 7.44. The highest BCUT2D eigenvalue weighted by Gasteiger charge is 2.34. The van der Waals surface area contributed by atoms with Crippen LogP contribution in [0.5, 0.6) is 11.5 Å². The molecule has 0 aromatic heterocycles. The summed E-state index contributed by atoms with van der Waals surface area (Å²) in [7, 11) is 1.56. The van der Waals surface area contributed by atoms with Gasteiger partial charge < -0.3 is 14.3 Å². The number of hydrogen-bond donors (Lipinski definition) is 1. The Kier molecular flexibility index (Phi) is 4.07. The molecule has 3 rings (SSSR count). The van der Waals surface area contributed by atoms with Gasteiger partial charge in [-0.05, 0) is 37.6 Å². The fourth-order valence-electron chi connectivity index (χ4n) is 2.42. The number of carbonyl (C=O) groups excluding carboxylic acids is 1. The summed E-state index contributed by atoms with van der Waals surface area (Å²) >= 11 is 0. The Morgan fingerprint density at radius 3 is 2.88 bits per heavy atom. The van der Waals surface area contributed by atoms with E-state index in [1.54, 1.807) is 44.4 Å². The molecule has 2 aliphatic heterocycles. The lowest BCUT2D eigenvalue weighted by molar-refractivity contribution is -0.114. The topological polar surface area (TPSA) is 84.2 Å². The van der Waals surface area contributed by atoms with Crippen LogP contribution in [0.3, 0.4) is 0 Å². The van der Waals surface area contributed by atoms with Gasteiger partial charge in [0.15, 0.2) is 23.2 Å². The number of fused-ring (bicyclic) bond motifs is 1. The van der Waals surface area contributed by atoms with Crippen molar-refractivity contribution in [3.8, 4) is 11.5 Å². The van der Waals surface area contributed by atoms with Crippen LogP contribution in [0.25, 0.3) is 6.08 Å². The smallest absolute Gasteiger partial charge is 0.282 e. The SMILES string of the molecule is CCOc1cc(/C=C2/C(=N)N3OC(C)=CC3=NC2=O)ccc1OC. The molecule has 0 atom stereocenters. The second-order valence-corrected chi connectivity index (χ2v) is 5.17. The zero-order valence-electron chi connectivity index (χ0n) is 13.6. The van der Waals surface area contributed by atoms with E-state index >= 15 is 0 Å². The molecule has 0 saturated carbocycles. The molecule has 7 heteroatoms. The molecular formula is C17H17N3O4. The lowest BCUT2D eigenvalue weighted by atomic mass is 10.1. The molecule has 2 aliphatic rings. The van der Waals surface area contributed by atoms with Gasteiger partial charge in [0.2, 0.25) is 0 Å². The Morgan fingerprint density at radius 2 is 2.17 bits per heavy atom. The third-order valence-electron chi connectivity index (χ3n) is 3.48. The van der Waals surface area contributed by atoms with Gasteiger partial charge in [0.05, 0.1) is 19.3 Å². The summed E-state index contributed by atoms with van der Waals surface area (Å²) in [6.07, 6.45) is 3.20. The number of carbonyl (C=O) groups is 1. The molecule has 24 heavy (non-hydrogen) atoms. The van der Waals surface area contributed by atoms with Gasteiger partial charge in [-0.2, -0.15) is 4.99 Å². The van der Waals surface area contributed by atoms with Crippen LogP contribution in [0.4, 0.5) is 0 Å². The zero-order valence-corrected chi connectivity index (χ0v) is 13.6. The molecule has 124 valence electrons. The Morgan fingerprint density at radius 1 is 1.38 bits per heavy atom. The molecule has 0 spiro atoms. The fourth-order valence-corrected chi connectivity index (χ4v) is 2.42. The standard InChI is InChI=1S/C17H17N3O4/c1-4-23-14-9-11(5-6-13(14)22-3)8-12-16(18)20-15(19-17(12)21)7-10(2)24-20/h5-9,18H,4H2,1-3H3/b12-8-,18-16?. The Hall–Kier alpha value is -3.09. The second-order valence-electron chi connectivity index (χ2n) is 5.17. The summed E-state index contributed by atoms with van der Waals surface area (Å²) < 4.78 is 10.8. The monoisotopic (exact) mass is 327 g/mol. The molecule has 1 aromatic rings. The average Bonchev–Trinajstić information content (AvgIpc) is 2.92. The number of hydrogen-bond acceptors (Lipinski definition) is 5. The number of nitrogens with one attached hydrogen (secondary N) is 1. The van der Waals surface area contributed by atoms with Gasteiger partial charge in [-0.1, -0.05) is 6.07 Å². The summed E-state index contributed by atoms with van der Waals surface area (Å²) in [4.78, 5) is 21.6. The van der Waals surface area contributed by atoms with E-state index in [9.17, 15) is 4.79 Å². The van der Waals surface area contributed by atoms with Gasteiger partial charge in [0.25, 0.3) is 5.91 Å². The van der Waals surface area contributed by atoms with Gasteiger partial charge in [-0.15, -0.1) is 5.06 Å².